The van der Waals surface area contributed by atoms with E-state index in [-0.39, 0.29) is 25.0 Å². The number of anilines is 2. The number of nitrogens with zero attached hydrogens (tertiary/aromatic N) is 4. The van der Waals surface area contributed by atoms with Crippen LogP contribution in [-0.2, 0) is 32.4 Å². The number of carbonyl (C=O) groups excluding carboxylic acids is 2. The average molecular weight is 825 g/mol. The summed E-state index contributed by atoms with van der Waals surface area (Å²) < 4.78 is 23.9. The number of rotatable bonds is 14. The SMILES string of the molecule is CCOc1ccc2nc(NC(=NCc3ccccc3OC)NOC(=O)/C=C/C(=O)ONC(=NCc3ccccc3OC)Nc3nc4ccc(OCC)cc4s3)sc2c1. The molecule has 2 heterocycles. The van der Waals surface area contributed by atoms with Crippen LogP contribution in [0.4, 0.5) is 10.3 Å². The Kier molecular flexibility index (Phi) is 14.3. The number of ether oxygens (including phenoxy) is 4. The molecule has 0 aliphatic rings. The predicted molar refractivity (Wildman–Crippen MR) is 225 cm³/mol. The van der Waals surface area contributed by atoms with Crippen LogP contribution in [0.15, 0.2) is 107 Å². The quantitative estimate of drug-likeness (QED) is 0.0380. The van der Waals surface area contributed by atoms with Gasteiger partial charge in [-0.2, -0.15) is 11.0 Å². The van der Waals surface area contributed by atoms with Crippen LogP contribution in [0, 0.1) is 0 Å². The lowest BCUT2D eigenvalue weighted by Gasteiger charge is -2.11. The zero-order chi connectivity index (χ0) is 40.7. The van der Waals surface area contributed by atoms with E-state index < -0.39 is 11.9 Å². The first-order valence-electron chi connectivity index (χ1n) is 17.9. The van der Waals surface area contributed by atoms with Gasteiger partial charge in [0.15, 0.2) is 10.3 Å². The fraction of sp³-hybridized carbons (Fsp3) is 0.200. The highest BCUT2D eigenvalue weighted by molar-refractivity contribution is 7.22. The fourth-order valence-electron chi connectivity index (χ4n) is 5.22. The van der Waals surface area contributed by atoms with Crippen LogP contribution in [0.1, 0.15) is 25.0 Å². The molecule has 0 spiro atoms. The van der Waals surface area contributed by atoms with Gasteiger partial charge in [-0.3, -0.25) is 10.6 Å². The van der Waals surface area contributed by atoms with Gasteiger partial charge in [0.1, 0.15) is 23.0 Å². The molecule has 0 bridgehead atoms. The lowest BCUT2D eigenvalue weighted by atomic mass is 10.2. The van der Waals surface area contributed by atoms with Crippen molar-refractivity contribution in [2.75, 3.05) is 38.1 Å². The van der Waals surface area contributed by atoms with Crippen molar-refractivity contribution in [2.45, 2.75) is 26.9 Å². The molecule has 2 aromatic heterocycles. The van der Waals surface area contributed by atoms with Crippen molar-refractivity contribution in [3.63, 3.8) is 0 Å². The topological polar surface area (TPSA) is 188 Å². The normalized spacial score (nSPS) is 11.7. The Labute approximate surface area is 341 Å². The number of hydrogen-bond acceptors (Lipinski definition) is 14. The number of hydroxylamine groups is 2. The van der Waals surface area contributed by atoms with E-state index in [0.29, 0.717) is 35.0 Å². The maximum absolute atomic E-state index is 12.8. The summed E-state index contributed by atoms with van der Waals surface area (Å²) in [4.78, 5) is 54.3. The van der Waals surface area contributed by atoms with Gasteiger partial charge in [-0.25, -0.2) is 29.5 Å². The molecule has 0 saturated carbocycles. The first-order valence-corrected chi connectivity index (χ1v) is 19.5. The van der Waals surface area contributed by atoms with Crippen LogP contribution >= 0.6 is 22.7 Å². The van der Waals surface area contributed by atoms with Gasteiger partial charge in [-0.15, -0.1) is 0 Å². The average Bonchev–Trinajstić information content (AvgIpc) is 3.84. The highest BCUT2D eigenvalue weighted by Gasteiger charge is 2.13. The molecule has 6 aromatic rings. The van der Waals surface area contributed by atoms with Crippen LogP contribution in [-0.4, -0.2) is 61.3 Å². The van der Waals surface area contributed by atoms with Crippen molar-refractivity contribution >= 4 is 77.2 Å². The minimum absolute atomic E-state index is 0.0759. The van der Waals surface area contributed by atoms with Gasteiger partial charge in [-0.1, -0.05) is 59.1 Å². The van der Waals surface area contributed by atoms with Crippen molar-refractivity contribution in [1.29, 1.82) is 0 Å². The van der Waals surface area contributed by atoms with Crippen molar-refractivity contribution in [3.05, 3.63) is 108 Å². The van der Waals surface area contributed by atoms with Crippen LogP contribution < -0.4 is 40.5 Å². The summed E-state index contributed by atoms with van der Waals surface area (Å²) in [6, 6.07) is 26.0. The Morgan fingerprint density at radius 2 is 1.07 bits per heavy atom. The summed E-state index contributed by atoms with van der Waals surface area (Å²) in [5.74, 6) is 1.04. The van der Waals surface area contributed by atoms with Gasteiger partial charge in [0, 0.05) is 23.3 Å². The van der Waals surface area contributed by atoms with Crippen molar-refractivity contribution in [3.8, 4) is 23.0 Å². The number of aromatic nitrogens is 2. The molecule has 0 unspecified atom stereocenters. The summed E-state index contributed by atoms with van der Waals surface area (Å²) in [7, 11) is 3.14. The fourth-order valence-corrected chi connectivity index (χ4v) is 7.01. The minimum atomic E-state index is -0.918. The smallest absolute Gasteiger partial charge is 0.356 e. The number of carbonyl (C=O) groups is 2. The summed E-state index contributed by atoms with van der Waals surface area (Å²) in [6.07, 6.45) is 1.79. The number of hydrogen-bond donors (Lipinski definition) is 4. The molecule has 58 heavy (non-hydrogen) atoms. The van der Waals surface area contributed by atoms with E-state index in [0.717, 1.165) is 55.2 Å². The highest BCUT2D eigenvalue weighted by Crippen LogP contribution is 2.31. The molecular weight excluding hydrogens is 785 g/mol. The Morgan fingerprint density at radius 1 is 0.638 bits per heavy atom. The van der Waals surface area contributed by atoms with Crippen molar-refractivity contribution in [1.82, 2.24) is 20.9 Å². The second kappa shape index (κ2) is 20.3. The first kappa shape index (κ1) is 40.7. The van der Waals surface area contributed by atoms with Crippen molar-refractivity contribution in [2.24, 2.45) is 9.98 Å². The molecule has 0 radical (unpaired) electrons. The van der Waals surface area contributed by atoms with E-state index in [1.807, 2.05) is 98.8 Å². The Bertz CT molecular complexity index is 2280. The zero-order valence-corrected chi connectivity index (χ0v) is 33.6. The maximum atomic E-state index is 12.8. The number of benzene rings is 4. The molecule has 6 rings (SSSR count). The molecular formula is C40H40N8O8S2. The predicted octanol–water partition coefficient (Wildman–Crippen LogP) is 7.01. The summed E-state index contributed by atoms with van der Waals surface area (Å²) in [6.45, 7) is 5.24. The third-order valence-electron chi connectivity index (χ3n) is 7.84. The molecule has 0 fully saturated rings. The van der Waals surface area contributed by atoms with Gasteiger partial charge in [0.2, 0.25) is 11.9 Å². The van der Waals surface area contributed by atoms with E-state index in [1.165, 1.54) is 22.7 Å². The Balaban J connectivity index is 1.11. The third kappa shape index (κ3) is 11.3. The number of aliphatic imine (C=N–C) groups is 2. The van der Waals surface area contributed by atoms with Crippen LogP contribution in [0.2, 0.25) is 0 Å². The zero-order valence-electron chi connectivity index (χ0n) is 31.9. The number of fused-ring (bicyclic) bond motifs is 2. The van der Waals surface area contributed by atoms with E-state index >= 15 is 0 Å². The Morgan fingerprint density at radius 3 is 1.48 bits per heavy atom. The van der Waals surface area contributed by atoms with Crippen LogP contribution in [0.3, 0.4) is 0 Å². The second-order valence-electron chi connectivity index (χ2n) is 11.7. The monoisotopic (exact) mass is 824 g/mol. The second-order valence-corrected chi connectivity index (χ2v) is 13.8. The van der Waals surface area contributed by atoms with Crippen LogP contribution in [0.5, 0.6) is 23.0 Å². The number of guanidine groups is 2. The van der Waals surface area contributed by atoms with E-state index in [4.69, 9.17) is 28.6 Å². The highest BCUT2D eigenvalue weighted by atomic mass is 32.1. The largest absolute Gasteiger partial charge is 0.496 e. The van der Waals surface area contributed by atoms with Gasteiger partial charge in [0.05, 0.1) is 61.0 Å². The molecule has 0 atom stereocenters. The van der Waals surface area contributed by atoms with E-state index in [2.05, 4.69) is 41.5 Å². The van der Waals surface area contributed by atoms with Gasteiger partial charge >= 0.3 is 11.9 Å². The summed E-state index contributed by atoms with van der Waals surface area (Å²) in [5, 5.41) is 7.10. The minimum Gasteiger partial charge on any atom is -0.496 e. The van der Waals surface area contributed by atoms with Crippen LogP contribution in [0.25, 0.3) is 20.4 Å². The molecule has 16 nitrogen and oxygen atoms in total. The molecule has 0 aliphatic carbocycles. The number of nitrogens with one attached hydrogen (secondary N) is 4. The van der Waals surface area contributed by atoms with E-state index in [1.54, 1.807) is 14.2 Å². The molecule has 0 saturated heterocycles. The summed E-state index contributed by atoms with van der Waals surface area (Å²) in [5.41, 5.74) is 8.13. The molecule has 300 valence electrons. The number of para-hydroxylation sites is 2. The maximum Gasteiger partial charge on any atom is 0.356 e. The molecule has 4 aromatic carbocycles. The lowest BCUT2D eigenvalue weighted by Crippen LogP contribution is -2.33. The number of thiazole rings is 2. The van der Waals surface area contributed by atoms with E-state index in [9.17, 15) is 9.59 Å². The molecule has 18 heteroatoms. The summed E-state index contributed by atoms with van der Waals surface area (Å²) >= 11 is 2.72. The Hall–Kier alpha value is -6.92. The van der Waals surface area contributed by atoms with Crippen molar-refractivity contribution < 1.29 is 38.2 Å². The molecule has 4 N–H and O–H groups in total. The first-order chi connectivity index (χ1) is 28.3. The molecule has 0 amide bonds. The van der Waals surface area contributed by atoms with Gasteiger partial charge < -0.3 is 28.6 Å². The lowest BCUT2D eigenvalue weighted by molar-refractivity contribution is -0.144. The standard InChI is InChI=1S/C40H40N8O8S2/c1-5-53-27-15-17-29-33(21-27)57-39(43-29)45-37(41-23-25-11-7-9-13-31(25)51-3)47-55-35(49)19-20-36(50)56-48-38(42-24-26-12-8-10-14-32(26)52-4)46-40-44-30-18-16-28(54-6-2)22-34(30)58-40/h7-22H,5-6,23-24H2,1-4H3,(H2,41,43,45,47)(H2,42,44,46,48)/b20-19+. The van der Waals surface area contributed by atoms with Gasteiger partial charge in [0.25, 0.3) is 0 Å². The molecule has 0 aliphatic heterocycles. The number of methoxy groups -OCH3 is 2. The van der Waals surface area contributed by atoms with Gasteiger partial charge in [-0.05, 0) is 62.4 Å². The third-order valence-corrected chi connectivity index (χ3v) is 9.71.